The van der Waals surface area contributed by atoms with Crippen molar-refractivity contribution in [2.45, 2.75) is 26.9 Å². The Morgan fingerprint density at radius 2 is 1.54 bits per heavy atom. The van der Waals surface area contributed by atoms with Gasteiger partial charge in [0.15, 0.2) is 21.4 Å². The third-order valence-electron chi connectivity index (χ3n) is 8.41. The Hall–Kier alpha value is -4.09. The highest BCUT2D eigenvalue weighted by molar-refractivity contribution is 8.25. The van der Waals surface area contributed by atoms with Crippen LogP contribution < -0.4 is 10.2 Å². The molecular weight excluding hydrogens is 704 g/mol. The fourth-order valence-corrected chi connectivity index (χ4v) is 9.85. The van der Waals surface area contributed by atoms with E-state index in [1.807, 2.05) is 0 Å². The third kappa shape index (κ3) is 5.41. The number of benzene rings is 4. The van der Waals surface area contributed by atoms with Gasteiger partial charge in [-0.3, -0.25) is 28.0 Å². The van der Waals surface area contributed by atoms with Gasteiger partial charge in [0.25, 0.3) is 16.0 Å². The predicted molar refractivity (Wildman–Crippen MR) is 181 cm³/mol. The normalized spacial score (nSPS) is 17.0. The molecule has 4 N–H and O–H groups in total. The number of sulfone groups is 1. The molecule has 2 aliphatic rings. The van der Waals surface area contributed by atoms with Crippen LogP contribution in [0.5, 0.6) is 0 Å². The lowest BCUT2D eigenvalue weighted by Gasteiger charge is -2.50. The lowest BCUT2D eigenvalue weighted by molar-refractivity contribution is 0.0978. The van der Waals surface area contributed by atoms with Gasteiger partial charge in [-0.25, -0.2) is 8.42 Å². The zero-order valence-corrected chi connectivity index (χ0v) is 28.4. The highest BCUT2D eigenvalue weighted by Crippen LogP contribution is 2.72. The number of carbonyl (C=O) groups is 3. The van der Waals surface area contributed by atoms with Gasteiger partial charge in [-0.15, -0.1) is 11.6 Å². The number of hydrogen-bond donors (Lipinski definition) is 4. The minimum absolute atomic E-state index is 0.00504. The van der Waals surface area contributed by atoms with Gasteiger partial charge in [0.1, 0.15) is 4.90 Å². The Morgan fingerprint density at radius 1 is 0.896 bits per heavy atom. The van der Waals surface area contributed by atoms with Crippen LogP contribution in [-0.4, -0.2) is 66.6 Å². The molecule has 1 atom stereocenters. The van der Waals surface area contributed by atoms with E-state index in [4.69, 9.17) is 11.6 Å². The zero-order chi connectivity index (χ0) is 34.9. The molecule has 0 spiro atoms. The third-order valence-corrected chi connectivity index (χ3v) is 13.6. The summed E-state index contributed by atoms with van der Waals surface area (Å²) in [5.74, 6) is -2.24. The fraction of sp³-hybridized carbons (Fsp3) is 0.156. The first kappa shape index (κ1) is 33.8. The highest BCUT2D eigenvalue weighted by Gasteiger charge is 2.47. The van der Waals surface area contributed by atoms with E-state index in [2.05, 4.69) is 5.32 Å². The van der Waals surface area contributed by atoms with E-state index >= 15 is 0 Å². The van der Waals surface area contributed by atoms with Crippen molar-refractivity contribution in [1.82, 2.24) is 0 Å². The maximum absolute atomic E-state index is 13.8. The second-order valence-electron chi connectivity index (χ2n) is 11.2. The molecule has 250 valence electrons. The Morgan fingerprint density at radius 3 is 2.17 bits per heavy atom. The van der Waals surface area contributed by atoms with Gasteiger partial charge < -0.3 is 10.2 Å². The molecule has 1 unspecified atom stereocenters. The summed E-state index contributed by atoms with van der Waals surface area (Å²) >= 11 is 5.61. The second kappa shape index (κ2) is 11.8. The van der Waals surface area contributed by atoms with Crippen LogP contribution >= 0.6 is 22.2 Å². The highest BCUT2D eigenvalue weighted by atomic mass is 35.5. The number of amides is 1. The Bertz CT molecular complexity index is 2310. The van der Waals surface area contributed by atoms with E-state index in [0.717, 1.165) is 11.0 Å². The van der Waals surface area contributed by atoms with Gasteiger partial charge in [-0.05, 0) is 49.4 Å². The number of anilines is 3. The molecule has 4 aromatic carbocycles. The quantitative estimate of drug-likeness (QED) is 0.109. The number of carbonyl (C=O) groups excluding carboxylic acids is 3. The SMILES string of the molecule is CC1c2c(cc(Nc3ccc(N(C)C(=O)c4cccc(S(=O)(=O)CCCl)c4)cc3S(=O)(=O)O)c3c2C(=O)c2ccccc2C3=O)S1(O)O. The number of rotatable bonds is 8. The molecule has 0 bridgehead atoms. The fourth-order valence-electron chi connectivity index (χ4n) is 5.88. The molecule has 1 aliphatic carbocycles. The molecule has 1 heterocycles. The summed E-state index contributed by atoms with van der Waals surface area (Å²) in [5, 5.41) is 1.97. The maximum atomic E-state index is 13.8. The monoisotopic (exact) mass is 730 g/mol. The molecule has 48 heavy (non-hydrogen) atoms. The lowest BCUT2D eigenvalue weighted by atomic mass is 9.80. The summed E-state index contributed by atoms with van der Waals surface area (Å²) in [6, 6.07) is 16.3. The number of nitrogens with zero attached hydrogens (tertiary/aromatic N) is 1. The van der Waals surface area contributed by atoms with Crippen LogP contribution in [0.2, 0.25) is 0 Å². The molecule has 6 rings (SSSR count). The summed E-state index contributed by atoms with van der Waals surface area (Å²) in [6.07, 6.45) is 0. The van der Waals surface area contributed by atoms with Crippen LogP contribution in [0.25, 0.3) is 0 Å². The van der Waals surface area contributed by atoms with Crippen LogP contribution in [0.3, 0.4) is 0 Å². The van der Waals surface area contributed by atoms with Crippen LogP contribution in [0.4, 0.5) is 17.1 Å². The topological polar surface area (TPSA) is 195 Å². The van der Waals surface area contributed by atoms with Gasteiger partial charge in [0, 0.05) is 46.4 Å². The Balaban J connectivity index is 1.43. The Labute approximate surface area is 282 Å². The van der Waals surface area contributed by atoms with E-state index in [9.17, 15) is 44.9 Å². The average Bonchev–Trinajstić information content (AvgIpc) is 3.05. The van der Waals surface area contributed by atoms with E-state index in [0.29, 0.717) is 5.56 Å². The number of hydrogen-bond acceptors (Lipinski definition) is 10. The van der Waals surface area contributed by atoms with E-state index < -0.39 is 58.2 Å². The van der Waals surface area contributed by atoms with Crippen LogP contribution in [0.1, 0.15) is 59.9 Å². The maximum Gasteiger partial charge on any atom is 0.296 e. The molecule has 0 saturated heterocycles. The van der Waals surface area contributed by atoms with Crippen molar-refractivity contribution in [3.05, 3.63) is 106 Å². The summed E-state index contributed by atoms with van der Waals surface area (Å²) in [6.45, 7) is 1.53. The number of alkyl halides is 1. The summed E-state index contributed by atoms with van der Waals surface area (Å²) in [4.78, 5) is 41.1. The standard InChI is InChI=1S/C32H27ClN2O10S3/c1-17-27-26(47(17,41)42)16-24(28-29(27)31(37)22-9-4-3-8-21(22)30(28)36)34-23-11-10-19(15-25(23)48(43,44)45)35(2)32(38)18-6-5-7-20(14-18)46(39,40)13-12-33/h3-11,14-17,34,41-42H,12-13H2,1-2H3,(H,43,44,45). The number of ketones is 2. The molecule has 4 aromatic rings. The van der Waals surface area contributed by atoms with E-state index in [1.165, 1.54) is 68.6 Å². The first-order valence-electron chi connectivity index (χ1n) is 14.2. The van der Waals surface area contributed by atoms with E-state index in [-0.39, 0.29) is 66.3 Å². The van der Waals surface area contributed by atoms with Crippen LogP contribution in [0.15, 0.2) is 87.5 Å². The first-order chi connectivity index (χ1) is 22.5. The molecule has 0 saturated carbocycles. The molecule has 0 fully saturated rings. The van der Waals surface area contributed by atoms with Crippen LogP contribution in [-0.2, 0) is 20.0 Å². The predicted octanol–water partition coefficient (Wildman–Crippen LogP) is 5.93. The van der Waals surface area contributed by atoms with E-state index in [1.54, 1.807) is 12.1 Å². The van der Waals surface area contributed by atoms with Crippen molar-refractivity contribution in [3.8, 4) is 0 Å². The smallest absolute Gasteiger partial charge is 0.296 e. The number of halogens is 1. The van der Waals surface area contributed by atoms with Crippen molar-refractivity contribution in [2.75, 3.05) is 28.9 Å². The largest absolute Gasteiger partial charge is 0.354 e. The zero-order valence-electron chi connectivity index (χ0n) is 25.2. The molecule has 0 radical (unpaired) electrons. The molecule has 16 heteroatoms. The molecule has 1 amide bonds. The molecule has 12 nitrogen and oxygen atoms in total. The van der Waals surface area contributed by atoms with Crippen LogP contribution in [0, 0.1) is 0 Å². The van der Waals surface area contributed by atoms with Gasteiger partial charge in [0.2, 0.25) is 0 Å². The average molecular weight is 731 g/mol. The number of fused-ring (bicyclic) bond motifs is 4. The number of nitrogens with one attached hydrogen (secondary N) is 1. The minimum atomic E-state index is -5.00. The molecule has 1 aliphatic heterocycles. The van der Waals surface area contributed by atoms with Gasteiger partial charge >= 0.3 is 0 Å². The van der Waals surface area contributed by atoms with Crippen molar-refractivity contribution >= 4 is 76.7 Å². The van der Waals surface area contributed by atoms with Crippen molar-refractivity contribution < 1.29 is 44.9 Å². The lowest BCUT2D eigenvalue weighted by Crippen LogP contribution is -2.31. The van der Waals surface area contributed by atoms with Gasteiger partial charge in [-0.1, -0.05) is 30.3 Å². The molecular formula is C32H27ClN2O10S3. The van der Waals surface area contributed by atoms with Gasteiger partial charge in [-0.2, -0.15) is 19.0 Å². The summed E-state index contributed by atoms with van der Waals surface area (Å²) in [7, 11) is -10.8. The second-order valence-corrected chi connectivity index (χ2v) is 17.4. The van der Waals surface area contributed by atoms with Crippen molar-refractivity contribution in [1.29, 1.82) is 0 Å². The molecule has 0 aromatic heterocycles. The van der Waals surface area contributed by atoms with Crippen molar-refractivity contribution in [3.63, 3.8) is 0 Å². The summed E-state index contributed by atoms with van der Waals surface area (Å²) < 4.78 is 82.1. The Kier molecular flexibility index (Phi) is 8.31. The first-order valence-corrected chi connectivity index (χ1v) is 19.4. The van der Waals surface area contributed by atoms with Crippen molar-refractivity contribution in [2.24, 2.45) is 0 Å². The van der Waals surface area contributed by atoms with Gasteiger partial charge in [0.05, 0.1) is 37.7 Å². The minimum Gasteiger partial charge on any atom is -0.354 e. The summed E-state index contributed by atoms with van der Waals surface area (Å²) in [5.41, 5.74) is 0.0762.